The Morgan fingerprint density at radius 3 is 2.52 bits per heavy atom. The number of nitrogens with zero attached hydrogens (tertiary/aromatic N) is 1. The first-order valence-corrected chi connectivity index (χ1v) is 7.73. The Labute approximate surface area is 138 Å². The molecular weight excluding hydrogens is 320 g/mol. The minimum Gasteiger partial charge on any atom is -0.452 e. The van der Waals surface area contributed by atoms with Gasteiger partial charge < -0.3 is 10.1 Å². The third-order valence-corrected chi connectivity index (χ3v) is 3.87. The van der Waals surface area contributed by atoms with Crippen molar-refractivity contribution in [2.45, 2.75) is 30.1 Å². The number of esters is 1. The molecule has 0 spiro atoms. The molecule has 0 fully saturated rings. The summed E-state index contributed by atoms with van der Waals surface area (Å²) in [6.07, 6.45) is 0.627. The molecular formula is C15H18N2O5S. The van der Waals surface area contributed by atoms with Gasteiger partial charge in [0.1, 0.15) is 5.25 Å². The number of nitrogens with one attached hydrogen (secondary N) is 1. The number of ether oxygens (including phenoxy) is 1. The van der Waals surface area contributed by atoms with Crippen molar-refractivity contribution < 1.29 is 19.2 Å². The third-order valence-electron chi connectivity index (χ3n) is 2.78. The summed E-state index contributed by atoms with van der Waals surface area (Å²) in [7, 11) is 0. The van der Waals surface area contributed by atoms with Gasteiger partial charge in [0.05, 0.1) is 4.92 Å². The maximum absolute atomic E-state index is 12.0. The molecule has 124 valence electrons. The summed E-state index contributed by atoms with van der Waals surface area (Å²) in [5.74, 6) is -0.930. The van der Waals surface area contributed by atoms with Crippen molar-refractivity contribution in [3.8, 4) is 0 Å². The average molecular weight is 338 g/mol. The normalized spacial score (nSPS) is 12.8. The molecule has 8 heteroatoms. The van der Waals surface area contributed by atoms with Crippen molar-refractivity contribution in [3.05, 3.63) is 47.0 Å². The molecule has 0 bridgehead atoms. The highest BCUT2D eigenvalue weighted by Crippen LogP contribution is 2.26. The summed E-state index contributed by atoms with van der Waals surface area (Å²) in [5.41, 5.74) is -0.0166. The molecule has 0 radical (unpaired) electrons. The number of thioether (sulfide) groups is 1. The van der Waals surface area contributed by atoms with Gasteiger partial charge in [-0.3, -0.25) is 19.7 Å². The van der Waals surface area contributed by atoms with Crippen LogP contribution in [0, 0.1) is 10.1 Å². The highest BCUT2D eigenvalue weighted by molar-refractivity contribution is 8.00. The number of hydrogen-bond acceptors (Lipinski definition) is 6. The van der Waals surface area contributed by atoms with Crippen molar-refractivity contribution in [1.82, 2.24) is 5.32 Å². The largest absolute Gasteiger partial charge is 0.452 e. The molecule has 0 unspecified atom stereocenters. The molecule has 0 aliphatic carbocycles. The lowest BCUT2D eigenvalue weighted by atomic mass is 10.3. The maximum Gasteiger partial charge on any atom is 0.319 e. The number of rotatable bonds is 8. The molecule has 0 aliphatic rings. The molecule has 0 saturated carbocycles. The van der Waals surface area contributed by atoms with Gasteiger partial charge in [0.15, 0.2) is 6.10 Å². The van der Waals surface area contributed by atoms with Crippen molar-refractivity contribution >= 4 is 29.3 Å². The summed E-state index contributed by atoms with van der Waals surface area (Å²) in [6.45, 7) is 6.90. The molecule has 0 heterocycles. The van der Waals surface area contributed by atoms with Crippen LogP contribution in [0.3, 0.4) is 0 Å². The molecule has 0 aromatic heterocycles. The second kappa shape index (κ2) is 8.94. The van der Waals surface area contributed by atoms with Gasteiger partial charge in [0, 0.05) is 23.6 Å². The van der Waals surface area contributed by atoms with Crippen LogP contribution in [0.4, 0.5) is 5.69 Å². The van der Waals surface area contributed by atoms with E-state index in [9.17, 15) is 19.7 Å². The van der Waals surface area contributed by atoms with Gasteiger partial charge in [-0.2, -0.15) is 0 Å². The molecule has 2 atom stereocenters. The average Bonchev–Trinajstić information content (AvgIpc) is 2.52. The number of amides is 1. The van der Waals surface area contributed by atoms with E-state index in [1.54, 1.807) is 19.1 Å². The number of non-ortho nitro benzene ring substituents is 1. The first kappa shape index (κ1) is 18.7. The summed E-state index contributed by atoms with van der Waals surface area (Å²) < 4.78 is 5.09. The van der Waals surface area contributed by atoms with Gasteiger partial charge in [-0.25, -0.2) is 0 Å². The van der Waals surface area contributed by atoms with Crippen molar-refractivity contribution in [2.75, 3.05) is 6.54 Å². The van der Waals surface area contributed by atoms with Gasteiger partial charge in [-0.1, -0.05) is 6.08 Å². The van der Waals surface area contributed by atoms with E-state index in [0.717, 1.165) is 0 Å². The topological polar surface area (TPSA) is 98.5 Å². The molecule has 1 rings (SSSR count). The zero-order valence-electron chi connectivity index (χ0n) is 12.9. The van der Waals surface area contributed by atoms with E-state index in [0.29, 0.717) is 11.4 Å². The van der Waals surface area contributed by atoms with Crippen LogP contribution in [-0.4, -0.2) is 34.7 Å². The van der Waals surface area contributed by atoms with E-state index in [4.69, 9.17) is 4.74 Å². The quantitative estimate of drug-likeness (QED) is 0.257. The van der Waals surface area contributed by atoms with Crippen LogP contribution in [0.1, 0.15) is 13.8 Å². The number of carbonyl (C=O) groups is 2. The van der Waals surface area contributed by atoms with Gasteiger partial charge in [-0.15, -0.1) is 18.3 Å². The Hall–Kier alpha value is -2.35. The third kappa shape index (κ3) is 6.11. The van der Waals surface area contributed by atoms with Crippen LogP contribution in [0.15, 0.2) is 41.8 Å². The van der Waals surface area contributed by atoms with Gasteiger partial charge in [0.25, 0.3) is 11.6 Å². The molecule has 7 nitrogen and oxygen atoms in total. The van der Waals surface area contributed by atoms with Crippen LogP contribution in [0.5, 0.6) is 0 Å². The second-order valence-corrected chi connectivity index (χ2v) is 6.04. The van der Waals surface area contributed by atoms with Crippen molar-refractivity contribution in [2.24, 2.45) is 0 Å². The number of nitro groups is 1. The Bertz CT molecular complexity index is 588. The van der Waals surface area contributed by atoms with Crippen molar-refractivity contribution in [1.29, 1.82) is 0 Å². The monoisotopic (exact) mass is 338 g/mol. The molecule has 1 amide bonds. The van der Waals surface area contributed by atoms with Crippen LogP contribution in [0.2, 0.25) is 0 Å². The van der Waals surface area contributed by atoms with E-state index < -0.39 is 28.2 Å². The first-order chi connectivity index (χ1) is 10.8. The van der Waals surface area contributed by atoms with Crippen LogP contribution in [0.25, 0.3) is 0 Å². The lowest BCUT2D eigenvalue weighted by Crippen LogP contribution is -2.37. The van der Waals surface area contributed by atoms with Crippen LogP contribution >= 0.6 is 11.8 Å². The SMILES string of the molecule is C=CCNC(=O)[C@H](C)OC(=O)[C@@H](C)Sc1ccc([N+](=O)[O-])cc1. The molecule has 0 aliphatic heterocycles. The predicted octanol–water partition coefficient (Wildman–Crippen LogP) is 2.31. The van der Waals surface area contributed by atoms with Gasteiger partial charge >= 0.3 is 5.97 Å². The highest BCUT2D eigenvalue weighted by Gasteiger charge is 2.22. The lowest BCUT2D eigenvalue weighted by molar-refractivity contribution is -0.384. The fourth-order valence-corrected chi connectivity index (χ4v) is 2.39. The molecule has 1 aromatic carbocycles. The van der Waals surface area contributed by atoms with E-state index in [-0.39, 0.29) is 5.69 Å². The standard InChI is InChI=1S/C15H18N2O5S/c1-4-9-16-14(18)10(2)22-15(19)11(3)23-13-7-5-12(6-8-13)17(20)21/h4-8,10-11H,1,9H2,2-3H3,(H,16,18)/t10-,11+/m0/s1. The summed E-state index contributed by atoms with van der Waals surface area (Å²) in [6, 6.07) is 5.86. The Kier molecular flexibility index (Phi) is 7.27. The number of nitro benzene ring substituents is 1. The van der Waals surface area contributed by atoms with E-state index in [1.165, 1.54) is 36.9 Å². The number of hydrogen-bond donors (Lipinski definition) is 1. The maximum atomic E-state index is 12.0. The summed E-state index contributed by atoms with van der Waals surface area (Å²) in [4.78, 5) is 34.4. The minimum absolute atomic E-state index is 0.0166. The van der Waals surface area contributed by atoms with Crippen LogP contribution < -0.4 is 5.32 Å². The second-order valence-electron chi connectivity index (χ2n) is 4.62. The van der Waals surface area contributed by atoms with Crippen molar-refractivity contribution in [3.63, 3.8) is 0 Å². The van der Waals surface area contributed by atoms with Gasteiger partial charge in [0.2, 0.25) is 0 Å². The molecule has 23 heavy (non-hydrogen) atoms. The summed E-state index contributed by atoms with van der Waals surface area (Å²) in [5, 5.41) is 12.6. The fraction of sp³-hybridized carbons (Fsp3) is 0.333. The molecule has 0 saturated heterocycles. The zero-order chi connectivity index (χ0) is 17.4. The molecule has 1 N–H and O–H groups in total. The Balaban J connectivity index is 2.54. The van der Waals surface area contributed by atoms with Gasteiger partial charge in [-0.05, 0) is 26.0 Å². The number of carbonyl (C=O) groups excluding carboxylic acids is 2. The molecule has 1 aromatic rings. The van der Waals surface area contributed by atoms with E-state index in [2.05, 4.69) is 11.9 Å². The highest BCUT2D eigenvalue weighted by atomic mass is 32.2. The Morgan fingerprint density at radius 1 is 1.39 bits per heavy atom. The minimum atomic E-state index is -0.901. The smallest absolute Gasteiger partial charge is 0.319 e. The summed E-state index contributed by atoms with van der Waals surface area (Å²) >= 11 is 1.20. The van der Waals surface area contributed by atoms with E-state index >= 15 is 0 Å². The Morgan fingerprint density at radius 2 is 2.00 bits per heavy atom. The predicted molar refractivity (Wildman–Crippen MR) is 87.2 cm³/mol. The lowest BCUT2D eigenvalue weighted by Gasteiger charge is -2.16. The first-order valence-electron chi connectivity index (χ1n) is 6.85. The van der Waals surface area contributed by atoms with E-state index in [1.807, 2.05) is 0 Å². The van der Waals surface area contributed by atoms with Crippen LogP contribution in [-0.2, 0) is 14.3 Å². The zero-order valence-corrected chi connectivity index (χ0v) is 13.7. The fourth-order valence-electron chi connectivity index (χ4n) is 1.54. The number of benzene rings is 1.